The minimum absolute atomic E-state index is 0.265. The lowest BCUT2D eigenvalue weighted by Crippen LogP contribution is -2.15. The maximum absolute atomic E-state index is 12.4. The van der Waals surface area contributed by atoms with Gasteiger partial charge in [0.15, 0.2) is 0 Å². The minimum atomic E-state index is -0.282. The number of carbonyl (C=O) groups excluding carboxylic acids is 1. The van der Waals surface area contributed by atoms with E-state index in [1.165, 1.54) is 6.20 Å². The van der Waals surface area contributed by atoms with Crippen LogP contribution in [0.2, 0.25) is 0 Å². The normalized spacial score (nSPS) is 10.4. The van der Waals surface area contributed by atoms with Gasteiger partial charge in [-0.3, -0.25) is 4.79 Å². The zero-order chi connectivity index (χ0) is 17.8. The Balaban J connectivity index is 1.71. The van der Waals surface area contributed by atoms with Crippen LogP contribution in [0, 0.1) is 13.8 Å². The largest absolute Gasteiger partial charge is 0.339 e. The molecule has 2 N–H and O–H groups in total. The smallest absolute Gasteiger partial charge is 0.275 e. The van der Waals surface area contributed by atoms with E-state index >= 15 is 0 Å². The van der Waals surface area contributed by atoms with Crippen molar-refractivity contribution in [2.24, 2.45) is 0 Å². The molecule has 0 aliphatic rings. The Morgan fingerprint density at radius 2 is 1.84 bits per heavy atom. The fourth-order valence-electron chi connectivity index (χ4n) is 2.30. The molecular formula is C19H17BrN4O. The quantitative estimate of drug-likeness (QED) is 0.661. The van der Waals surface area contributed by atoms with Gasteiger partial charge < -0.3 is 10.6 Å². The van der Waals surface area contributed by atoms with Gasteiger partial charge in [-0.05, 0) is 49.2 Å². The van der Waals surface area contributed by atoms with E-state index in [4.69, 9.17) is 0 Å². The number of anilines is 3. The average molecular weight is 397 g/mol. The molecule has 0 fully saturated rings. The second-order valence-electron chi connectivity index (χ2n) is 5.62. The lowest BCUT2D eigenvalue weighted by atomic mass is 10.1. The van der Waals surface area contributed by atoms with E-state index in [0.717, 1.165) is 27.0 Å². The lowest BCUT2D eigenvalue weighted by Gasteiger charge is -2.10. The number of hydrogen-bond acceptors (Lipinski definition) is 4. The Kier molecular flexibility index (Phi) is 5.09. The first kappa shape index (κ1) is 17.1. The summed E-state index contributed by atoms with van der Waals surface area (Å²) in [5, 5.41) is 6.02. The van der Waals surface area contributed by atoms with E-state index in [1.807, 2.05) is 56.3 Å². The Morgan fingerprint density at radius 3 is 2.56 bits per heavy atom. The van der Waals surface area contributed by atoms with Gasteiger partial charge in [0, 0.05) is 15.8 Å². The average Bonchev–Trinajstić information content (AvgIpc) is 2.59. The molecule has 0 spiro atoms. The number of halogens is 1. The summed E-state index contributed by atoms with van der Waals surface area (Å²) < 4.78 is 0.968. The van der Waals surface area contributed by atoms with Crippen LogP contribution in [0.5, 0.6) is 0 Å². The Hall–Kier alpha value is -2.73. The highest BCUT2D eigenvalue weighted by atomic mass is 79.9. The number of benzene rings is 2. The summed E-state index contributed by atoms with van der Waals surface area (Å²) in [5.41, 5.74) is 4.09. The Labute approximate surface area is 154 Å². The molecule has 0 radical (unpaired) electrons. The van der Waals surface area contributed by atoms with Gasteiger partial charge in [0.2, 0.25) is 0 Å². The maximum Gasteiger partial charge on any atom is 0.275 e. The van der Waals surface area contributed by atoms with Crippen LogP contribution in [0.25, 0.3) is 0 Å². The lowest BCUT2D eigenvalue weighted by molar-refractivity contribution is 0.102. The van der Waals surface area contributed by atoms with Crippen molar-refractivity contribution in [3.8, 4) is 0 Å². The number of amides is 1. The molecule has 0 saturated heterocycles. The third-order valence-electron chi connectivity index (χ3n) is 3.83. The molecule has 0 saturated carbocycles. The molecule has 1 heterocycles. The molecule has 3 rings (SSSR count). The minimum Gasteiger partial charge on any atom is -0.339 e. The molecule has 1 aromatic heterocycles. The van der Waals surface area contributed by atoms with Gasteiger partial charge in [0.25, 0.3) is 5.91 Å². The third-order valence-corrected chi connectivity index (χ3v) is 4.33. The van der Waals surface area contributed by atoms with Crippen LogP contribution in [-0.4, -0.2) is 15.9 Å². The summed E-state index contributed by atoms with van der Waals surface area (Å²) in [7, 11) is 0. The van der Waals surface area contributed by atoms with E-state index in [2.05, 4.69) is 36.5 Å². The zero-order valence-electron chi connectivity index (χ0n) is 13.9. The number of nitrogens with zero attached hydrogens (tertiary/aromatic N) is 2. The Morgan fingerprint density at radius 1 is 1.04 bits per heavy atom. The highest BCUT2D eigenvalue weighted by molar-refractivity contribution is 9.10. The first-order chi connectivity index (χ1) is 12.0. The molecule has 0 aliphatic heterocycles. The molecule has 0 aliphatic carbocycles. The van der Waals surface area contributed by atoms with E-state index in [-0.39, 0.29) is 11.6 Å². The Bertz CT molecular complexity index is 910. The monoisotopic (exact) mass is 396 g/mol. The van der Waals surface area contributed by atoms with Crippen molar-refractivity contribution in [2.75, 3.05) is 10.6 Å². The van der Waals surface area contributed by atoms with Crippen LogP contribution in [0.3, 0.4) is 0 Å². The van der Waals surface area contributed by atoms with Crippen LogP contribution < -0.4 is 10.6 Å². The van der Waals surface area contributed by atoms with Gasteiger partial charge >= 0.3 is 0 Å². The first-order valence-corrected chi connectivity index (χ1v) is 8.54. The second kappa shape index (κ2) is 7.44. The molecule has 25 heavy (non-hydrogen) atoms. The predicted molar refractivity (Wildman–Crippen MR) is 103 cm³/mol. The van der Waals surface area contributed by atoms with Crippen molar-refractivity contribution in [1.82, 2.24) is 9.97 Å². The van der Waals surface area contributed by atoms with Crippen molar-refractivity contribution in [3.63, 3.8) is 0 Å². The van der Waals surface area contributed by atoms with Crippen molar-refractivity contribution in [1.29, 1.82) is 0 Å². The second-order valence-corrected chi connectivity index (χ2v) is 6.54. The number of carbonyl (C=O) groups is 1. The van der Waals surface area contributed by atoms with Crippen molar-refractivity contribution in [2.45, 2.75) is 13.8 Å². The zero-order valence-corrected chi connectivity index (χ0v) is 15.5. The van der Waals surface area contributed by atoms with Crippen LogP contribution in [0.15, 0.2) is 59.3 Å². The van der Waals surface area contributed by atoms with Crippen LogP contribution in [0.1, 0.15) is 21.6 Å². The molecule has 1 amide bonds. The molecule has 2 aromatic carbocycles. The van der Waals surface area contributed by atoms with Crippen molar-refractivity contribution in [3.05, 3.63) is 76.2 Å². The molecule has 126 valence electrons. The number of aromatic nitrogens is 2. The van der Waals surface area contributed by atoms with Crippen LogP contribution in [0.4, 0.5) is 17.2 Å². The summed E-state index contributed by atoms with van der Waals surface area (Å²) in [6.45, 7) is 3.98. The molecule has 0 bridgehead atoms. The SMILES string of the molecule is Cc1cccc(NC(=O)c2cnc(Nc3cccc(Br)c3)cn2)c1C. The van der Waals surface area contributed by atoms with Gasteiger partial charge in [0.1, 0.15) is 11.5 Å². The molecule has 0 atom stereocenters. The molecule has 5 nitrogen and oxygen atoms in total. The van der Waals surface area contributed by atoms with Crippen LogP contribution >= 0.6 is 15.9 Å². The fraction of sp³-hybridized carbons (Fsp3) is 0.105. The number of rotatable bonds is 4. The molecule has 6 heteroatoms. The van der Waals surface area contributed by atoms with Gasteiger partial charge in [-0.25, -0.2) is 9.97 Å². The van der Waals surface area contributed by atoms with Gasteiger partial charge in [-0.1, -0.05) is 34.1 Å². The summed E-state index contributed by atoms with van der Waals surface area (Å²) in [4.78, 5) is 20.8. The standard InChI is InChI=1S/C19H17BrN4O/c1-12-5-3-8-16(13(12)2)24-19(25)17-10-22-18(11-21-17)23-15-7-4-6-14(20)9-15/h3-11H,1-2H3,(H,22,23)(H,24,25). The van der Waals surface area contributed by atoms with E-state index in [0.29, 0.717) is 5.82 Å². The van der Waals surface area contributed by atoms with Gasteiger partial charge in [0.05, 0.1) is 12.4 Å². The summed E-state index contributed by atoms with van der Waals surface area (Å²) in [6, 6.07) is 13.5. The summed E-state index contributed by atoms with van der Waals surface area (Å²) in [5.74, 6) is 0.289. The van der Waals surface area contributed by atoms with Gasteiger partial charge in [-0.15, -0.1) is 0 Å². The first-order valence-electron chi connectivity index (χ1n) is 7.75. The van der Waals surface area contributed by atoms with E-state index < -0.39 is 0 Å². The van der Waals surface area contributed by atoms with E-state index in [1.54, 1.807) is 6.20 Å². The maximum atomic E-state index is 12.4. The molecular weight excluding hydrogens is 380 g/mol. The topological polar surface area (TPSA) is 66.9 Å². The van der Waals surface area contributed by atoms with Crippen molar-refractivity contribution >= 4 is 39.0 Å². The highest BCUT2D eigenvalue weighted by Crippen LogP contribution is 2.20. The highest BCUT2D eigenvalue weighted by Gasteiger charge is 2.10. The predicted octanol–water partition coefficient (Wildman–Crippen LogP) is 4.85. The van der Waals surface area contributed by atoms with E-state index in [9.17, 15) is 4.79 Å². The van der Waals surface area contributed by atoms with Crippen LogP contribution in [-0.2, 0) is 0 Å². The number of aryl methyl sites for hydroxylation is 1. The number of nitrogens with one attached hydrogen (secondary N) is 2. The number of hydrogen-bond donors (Lipinski definition) is 2. The summed E-state index contributed by atoms with van der Waals surface area (Å²) >= 11 is 3.42. The van der Waals surface area contributed by atoms with Crippen molar-refractivity contribution < 1.29 is 4.79 Å². The third kappa shape index (κ3) is 4.22. The summed E-state index contributed by atoms with van der Waals surface area (Å²) in [6.07, 6.45) is 3.00. The van der Waals surface area contributed by atoms with Gasteiger partial charge in [-0.2, -0.15) is 0 Å². The fourth-order valence-corrected chi connectivity index (χ4v) is 2.70. The molecule has 0 unspecified atom stereocenters. The molecule has 3 aromatic rings.